The number of benzene rings is 2. The van der Waals surface area contributed by atoms with Crippen molar-refractivity contribution < 1.29 is 42.2 Å². The summed E-state index contributed by atoms with van der Waals surface area (Å²) in [5, 5.41) is 12.5. The number of amides is 3. The normalized spacial score (nSPS) is 13.4. The Morgan fingerprint density at radius 2 is 1.85 bits per heavy atom. The maximum atomic E-state index is 13.6. The van der Waals surface area contributed by atoms with E-state index in [1.807, 2.05) is 6.92 Å². The Morgan fingerprint density at radius 3 is 2.50 bits per heavy atom. The fourth-order valence-corrected chi connectivity index (χ4v) is 3.99. The first kappa shape index (κ1) is 28.1. The van der Waals surface area contributed by atoms with Gasteiger partial charge in [-0.25, -0.2) is 9.78 Å². The Kier molecular flexibility index (Phi) is 8.03. The van der Waals surface area contributed by atoms with E-state index in [0.29, 0.717) is 0 Å². The summed E-state index contributed by atoms with van der Waals surface area (Å²) in [7, 11) is 0. The second kappa shape index (κ2) is 11.4. The van der Waals surface area contributed by atoms with E-state index in [1.165, 1.54) is 23.1 Å². The lowest BCUT2D eigenvalue weighted by Gasteiger charge is -2.30. The molecule has 3 aromatic rings. The molecule has 0 unspecified atom stereocenters. The molecule has 13 heteroatoms. The molecule has 1 aliphatic rings. The third-order valence-electron chi connectivity index (χ3n) is 6.01. The van der Waals surface area contributed by atoms with Gasteiger partial charge in [0.25, 0.3) is 5.91 Å². The van der Waals surface area contributed by atoms with Crippen molar-refractivity contribution in [3.05, 3.63) is 83.0 Å². The number of hydrogen-bond donors (Lipinski definition) is 2. The third-order valence-corrected chi connectivity index (χ3v) is 6.01. The van der Waals surface area contributed by atoms with Gasteiger partial charge in [-0.3, -0.25) is 19.3 Å². The molecule has 1 saturated heterocycles. The van der Waals surface area contributed by atoms with E-state index in [1.54, 1.807) is 12.1 Å². The fourth-order valence-electron chi connectivity index (χ4n) is 3.99. The van der Waals surface area contributed by atoms with Crippen LogP contribution in [0.4, 0.5) is 18.9 Å². The van der Waals surface area contributed by atoms with E-state index in [9.17, 15) is 37.5 Å². The molecule has 208 valence electrons. The Balaban J connectivity index is 1.73. The van der Waals surface area contributed by atoms with Gasteiger partial charge in [-0.1, -0.05) is 17.7 Å². The molecule has 3 amide bonds. The number of carbonyl (C=O) groups is 4. The average Bonchev–Trinajstić information content (AvgIpc) is 2.91. The molecule has 1 aliphatic heterocycles. The van der Waals surface area contributed by atoms with Gasteiger partial charge in [0.1, 0.15) is 17.9 Å². The molecule has 1 fully saturated rings. The monoisotopic (exact) mass is 556 g/mol. The second-order valence-electron chi connectivity index (χ2n) is 8.86. The number of anilines is 1. The van der Waals surface area contributed by atoms with E-state index in [-0.39, 0.29) is 42.5 Å². The average molecular weight is 556 g/mol. The summed E-state index contributed by atoms with van der Waals surface area (Å²) in [5.74, 6) is -4.27. The van der Waals surface area contributed by atoms with Gasteiger partial charge in [-0.2, -0.15) is 13.2 Å². The molecule has 0 atom stereocenters. The molecule has 0 radical (unpaired) electrons. The van der Waals surface area contributed by atoms with Crippen molar-refractivity contribution in [1.82, 2.24) is 15.2 Å². The third kappa shape index (κ3) is 6.37. The Labute approximate surface area is 226 Å². The lowest BCUT2D eigenvalue weighted by atomic mass is 10.1. The van der Waals surface area contributed by atoms with E-state index >= 15 is 0 Å². The Morgan fingerprint density at radius 1 is 1.12 bits per heavy atom. The minimum atomic E-state index is -4.78. The van der Waals surface area contributed by atoms with Crippen LogP contribution < -0.4 is 15.0 Å². The number of aryl methyl sites for hydroxylation is 1. The van der Waals surface area contributed by atoms with Crippen LogP contribution in [0.3, 0.4) is 0 Å². The van der Waals surface area contributed by atoms with Gasteiger partial charge in [0.15, 0.2) is 0 Å². The van der Waals surface area contributed by atoms with Crippen LogP contribution in [0.5, 0.6) is 11.6 Å². The zero-order valence-corrected chi connectivity index (χ0v) is 21.1. The number of pyridine rings is 1. The van der Waals surface area contributed by atoms with Crippen LogP contribution >= 0.6 is 0 Å². The van der Waals surface area contributed by atoms with E-state index in [2.05, 4.69) is 10.3 Å². The molecule has 40 heavy (non-hydrogen) atoms. The molecule has 0 bridgehead atoms. The highest BCUT2D eigenvalue weighted by atomic mass is 19.4. The van der Waals surface area contributed by atoms with Crippen molar-refractivity contribution in [1.29, 1.82) is 0 Å². The summed E-state index contributed by atoms with van der Waals surface area (Å²) >= 11 is 0. The predicted molar refractivity (Wildman–Crippen MR) is 135 cm³/mol. The topological polar surface area (TPSA) is 129 Å². The highest BCUT2D eigenvalue weighted by molar-refractivity contribution is 6.11. The summed E-state index contributed by atoms with van der Waals surface area (Å²) in [6.07, 6.45) is -3.69. The van der Waals surface area contributed by atoms with Gasteiger partial charge in [-0.15, -0.1) is 0 Å². The Hall–Kier alpha value is -4.94. The second-order valence-corrected chi connectivity index (χ2v) is 8.86. The van der Waals surface area contributed by atoms with Gasteiger partial charge in [0.2, 0.25) is 17.7 Å². The highest BCUT2D eigenvalue weighted by Gasteiger charge is 2.35. The molecule has 0 spiro atoms. The number of rotatable bonds is 7. The number of hydrogen-bond acceptors (Lipinski definition) is 6. The number of aromatic nitrogens is 1. The molecule has 0 saturated carbocycles. The summed E-state index contributed by atoms with van der Waals surface area (Å²) in [6, 6.07) is 11.5. The smallest absolute Gasteiger partial charge is 0.421 e. The zero-order valence-electron chi connectivity index (χ0n) is 21.1. The Bertz CT molecular complexity index is 1460. The summed E-state index contributed by atoms with van der Waals surface area (Å²) in [5.41, 5.74) is -0.846. The fraction of sp³-hybridized carbons (Fsp3) is 0.222. The molecular formula is C27H23F3N4O6. The molecule has 4 rings (SSSR count). The lowest BCUT2D eigenvalue weighted by Crippen LogP contribution is -2.53. The SMILES string of the molecule is Cc1ccc(C(=O)N(CC(=O)N2CCNC(=O)C2)c2ccc(Oc3ncccc3C(F)(F)F)cc2C(=O)O)cc1. The quantitative estimate of drug-likeness (QED) is 0.456. The molecule has 2 aromatic carbocycles. The number of nitrogens with zero attached hydrogens (tertiary/aromatic N) is 3. The van der Waals surface area contributed by atoms with Crippen molar-refractivity contribution in [2.45, 2.75) is 13.1 Å². The van der Waals surface area contributed by atoms with Crippen LogP contribution in [-0.4, -0.2) is 64.9 Å². The molecule has 10 nitrogen and oxygen atoms in total. The molecule has 0 aliphatic carbocycles. The van der Waals surface area contributed by atoms with Gasteiger partial charge in [0.05, 0.1) is 17.8 Å². The number of carboxylic acids is 1. The maximum absolute atomic E-state index is 13.6. The largest absolute Gasteiger partial charge is 0.478 e. The van der Waals surface area contributed by atoms with E-state index in [0.717, 1.165) is 40.9 Å². The van der Waals surface area contributed by atoms with Gasteiger partial charge in [0, 0.05) is 24.8 Å². The van der Waals surface area contributed by atoms with E-state index < -0.39 is 47.5 Å². The number of aromatic carboxylic acids is 1. The predicted octanol–water partition coefficient (Wildman–Crippen LogP) is 3.50. The number of ether oxygens (including phenoxy) is 1. The molecule has 1 aromatic heterocycles. The molecule has 2 N–H and O–H groups in total. The number of carboxylic acid groups (broad SMARTS) is 1. The lowest BCUT2D eigenvalue weighted by molar-refractivity contribution is -0.139. The minimum absolute atomic E-state index is 0.162. The van der Waals surface area contributed by atoms with Crippen molar-refractivity contribution in [2.75, 3.05) is 31.1 Å². The van der Waals surface area contributed by atoms with Crippen LogP contribution in [0.1, 0.15) is 31.8 Å². The maximum Gasteiger partial charge on any atom is 0.421 e. The van der Waals surface area contributed by atoms with Gasteiger partial charge in [-0.05, 0) is 49.4 Å². The summed E-state index contributed by atoms with van der Waals surface area (Å²) < 4.78 is 45.4. The summed E-state index contributed by atoms with van der Waals surface area (Å²) in [4.78, 5) is 56.5. The molecule has 2 heterocycles. The van der Waals surface area contributed by atoms with Gasteiger partial charge >= 0.3 is 12.1 Å². The number of nitrogens with one attached hydrogen (secondary N) is 1. The van der Waals surface area contributed by atoms with Crippen LogP contribution in [0, 0.1) is 6.92 Å². The minimum Gasteiger partial charge on any atom is -0.478 e. The van der Waals surface area contributed by atoms with Crippen LogP contribution in [0.15, 0.2) is 60.8 Å². The number of piperazine rings is 1. The van der Waals surface area contributed by atoms with Crippen LogP contribution in [-0.2, 0) is 15.8 Å². The number of alkyl halides is 3. The van der Waals surface area contributed by atoms with Crippen molar-refractivity contribution in [2.24, 2.45) is 0 Å². The van der Waals surface area contributed by atoms with Crippen LogP contribution in [0.25, 0.3) is 0 Å². The zero-order chi connectivity index (χ0) is 29.0. The van der Waals surface area contributed by atoms with E-state index in [4.69, 9.17) is 4.74 Å². The van der Waals surface area contributed by atoms with Gasteiger partial charge < -0.3 is 20.1 Å². The van der Waals surface area contributed by atoms with Crippen molar-refractivity contribution in [3.8, 4) is 11.6 Å². The first-order valence-electron chi connectivity index (χ1n) is 11.9. The number of carbonyl (C=O) groups excluding carboxylic acids is 3. The van der Waals surface area contributed by atoms with Crippen molar-refractivity contribution >= 4 is 29.4 Å². The standard InChI is InChI=1S/C27H23F3N4O6/c1-16-4-6-17(7-5-16)25(37)34(15-23(36)33-12-11-31-22(35)14-33)21-9-8-18(13-19(21)26(38)39)40-24-20(27(28,29)30)3-2-10-32-24/h2-10,13H,11-12,14-15H2,1H3,(H,31,35)(H,38,39). The molecular weight excluding hydrogens is 533 g/mol. The highest BCUT2D eigenvalue weighted by Crippen LogP contribution is 2.37. The van der Waals surface area contributed by atoms with Crippen molar-refractivity contribution in [3.63, 3.8) is 0 Å². The van der Waals surface area contributed by atoms with Crippen LogP contribution in [0.2, 0.25) is 0 Å². The number of halogens is 3. The first-order valence-corrected chi connectivity index (χ1v) is 11.9. The summed E-state index contributed by atoms with van der Waals surface area (Å²) in [6.45, 7) is 1.40. The first-order chi connectivity index (χ1) is 18.9.